The van der Waals surface area contributed by atoms with Crippen LogP contribution in [-0.4, -0.2) is 55.2 Å². The monoisotopic (exact) mass is 346 g/mol. The number of hydrogen-bond donors (Lipinski definition) is 2. The van der Waals surface area contributed by atoms with Gasteiger partial charge in [0, 0.05) is 37.2 Å². The molecule has 0 atom stereocenters. The maximum atomic E-state index is 12.2. The lowest BCUT2D eigenvalue weighted by molar-refractivity contribution is 0.0383. The second-order valence-electron chi connectivity index (χ2n) is 5.74. The summed E-state index contributed by atoms with van der Waals surface area (Å²) in [5, 5.41) is 8.66. The van der Waals surface area contributed by atoms with Gasteiger partial charge in [-0.05, 0) is 24.6 Å². The molecule has 1 amide bonds. The number of morpholine rings is 1. The smallest absolute Gasteiger partial charge is 0.270 e. The second kappa shape index (κ2) is 8.23. The molecule has 0 spiro atoms. The van der Waals surface area contributed by atoms with Gasteiger partial charge in [0.2, 0.25) is 0 Å². The lowest BCUT2D eigenvalue weighted by Gasteiger charge is -2.26. The summed E-state index contributed by atoms with van der Waals surface area (Å²) in [5.41, 5.74) is 2.61. The predicted molar refractivity (Wildman–Crippen MR) is 96.2 cm³/mol. The average molecular weight is 346 g/mol. The molecule has 2 N–H and O–H groups in total. The van der Waals surface area contributed by atoms with Gasteiger partial charge >= 0.3 is 0 Å². The summed E-state index contributed by atoms with van der Waals surface area (Å²) in [6, 6.07) is 8.06. The molecule has 3 rings (SSSR count). The van der Waals surface area contributed by atoms with Gasteiger partial charge in [0.1, 0.15) is 5.69 Å². The highest BCUT2D eigenvalue weighted by Crippen LogP contribution is 2.21. The second-order valence-corrected chi connectivity index (χ2v) is 6.60. The van der Waals surface area contributed by atoms with Crippen molar-refractivity contribution in [1.82, 2.24) is 15.2 Å². The lowest BCUT2D eigenvalue weighted by atomic mass is 10.2. The Balaban J connectivity index is 1.48. The van der Waals surface area contributed by atoms with Crippen LogP contribution in [0.2, 0.25) is 0 Å². The van der Waals surface area contributed by atoms with Crippen molar-refractivity contribution in [2.24, 2.45) is 0 Å². The van der Waals surface area contributed by atoms with Crippen molar-refractivity contribution in [3.8, 4) is 0 Å². The molecule has 1 aromatic carbocycles. The molecular weight excluding hydrogens is 324 g/mol. The number of carbonyl (C=O) groups excluding carboxylic acids is 1. The van der Waals surface area contributed by atoms with Gasteiger partial charge in [0.05, 0.1) is 13.2 Å². The molecule has 1 aromatic heterocycles. The molecule has 0 saturated carbocycles. The van der Waals surface area contributed by atoms with Crippen molar-refractivity contribution in [2.75, 3.05) is 44.7 Å². The normalized spacial score (nSPS) is 15.2. The largest absolute Gasteiger partial charge is 0.379 e. The molecule has 0 unspecified atom stereocenters. The highest BCUT2D eigenvalue weighted by atomic mass is 32.1. The van der Waals surface area contributed by atoms with Gasteiger partial charge in [-0.2, -0.15) is 0 Å². The zero-order valence-corrected chi connectivity index (χ0v) is 14.6. The third-order valence-corrected chi connectivity index (χ3v) is 4.58. The van der Waals surface area contributed by atoms with Gasteiger partial charge in [0.25, 0.3) is 5.91 Å². The third kappa shape index (κ3) is 4.77. The summed E-state index contributed by atoms with van der Waals surface area (Å²) in [7, 11) is 0. The van der Waals surface area contributed by atoms with Gasteiger partial charge in [-0.1, -0.05) is 12.1 Å². The van der Waals surface area contributed by atoms with Crippen molar-refractivity contribution in [3.63, 3.8) is 0 Å². The fourth-order valence-corrected chi connectivity index (χ4v) is 3.24. The van der Waals surface area contributed by atoms with Crippen molar-refractivity contribution in [3.05, 3.63) is 40.9 Å². The van der Waals surface area contributed by atoms with Gasteiger partial charge in [-0.15, -0.1) is 11.3 Å². The molecule has 128 valence electrons. The van der Waals surface area contributed by atoms with Crippen molar-refractivity contribution in [2.45, 2.75) is 6.92 Å². The van der Waals surface area contributed by atoms with E-state index in [4.69, 9.17) is 4.74 Å². The topological polar surface area (TPSA) is 66.5 Å². The van der Waals surface area contributed by atoms with Crippen LogP contribution < -0.4 is 10.6 Å². The first kappa shape index (κ1) is 16.9. The highest BCUT2D eigenvalue weighted by molar-refractivity contribution is 7.14. The maximum absolute atomic E-state index is 12.2. The number of aromatic nitrogens is 1. The third-order valence-electron chi connectivity index (χ3n) is 3.82. The fourth-order valence-electron chi connectivity index (χ4n) is 2.52. The van der Waals surface area contributed by atoms with Gasteiger partial charge in [-0.25, -0.2) is 4.98 Å². The van der Waals surface area contributed by atoms with Crippen LogP contribution in [-0.2, 0) is 4.74 Å². The first-order valence-electron chi connectivity index (χ1n) is 8.08. The summed E-state index contributed by atoms with van der Waals surface area (Å²) in [5.74, 6) is -0.128. The number of anilines is 2. The zero-order valence-electron chi connectivity index (χ0n) is 13.7. The van der Waals surface area contributed by atoms with E-state index >= 15 is 0 Å². The molecule has 0 radical (unpaired) electrons. The Labute approximate surface area is 145 Å². The van der Waals surface area contributed by atoms with E-state index in [9.17, 15) is 4.79 Å². The molecule has 0 bridgehead atoms. The van der Waals surface area contributed by atoms with Crippen LogP contribution in [0.3, 0.4) is 0 Å². The molecule has 2 aromatic rings. The van der Waals surface area contributed by atoms with Gasteiger partial charge in [0.15, 0.2) is 5.13 Å². The van der Waals surface area contributed by atoms with Crippen LogP contribution in [0.15, 0.2) is 29.6 Å². The van der Waals surface area contributed by atoms with Crippen molar-refractivity contribution in [1.29, 1.82) is 0 Å². The van der Waals surface area contributed by atoms with Crippen LogP contribution in [0.1, 0.15) is 16.1 Å². The van der Waals surface area contributed by atoms with Crippen LogP contribution in [0.4, 0.5) is 10.8 Å². The molecule has 1 aliphatic heterocycles. The van der Waals surface area contributed by atoms with E-state index in [1.165, 1.54) is 16.9 Å². The molecule has 6 nitrogen and oxygen atoms in total. The maximum Gasteiger partial charge on any atom is 0.270 e. The van der Waals surface area contributed by atoms with Crippen LogP contribution in [0.5, 0.6) is 0 Å². The molecule has 24 heavy (non-hydrogen) atoms. The number of amides is 1. The van der Waals surface area contributed by atoms with Crippen molar-refractivity contribution < 1.29 is 9.53 Å². The molecule has 0 aliphatic carbocycles. The van der Waals surface area contributed by atoms with E-state index in [-0.39, 0.29) is 5.91 Å². The lowest BCUT2D eigenvalue weighted by Crippen LogP contribution is -2.41. The fraction of sp³-hybridized carbons (Fsp3) is 0.412. The number of carbonyl (C=O) groups is 1. The quantitative estimate of drug-likeness (QED) is 0.840. The molecule has 2 heterocycles. The van der Waals surface area contributed by atoms with E-state index in [1.54, 1.807) is 5.38 Å². The first-order valence-corrected chi connectivity index (χ1v) is 8.96. The zero-order chi connectivity index (χ0) is 16.8. The van der Waals surface area contributed by atoms with Crippen LogP contribution in [0, 0.1) is 6.92 Å². The van der Waals surface area contributed by atoms with Crippen LogP contribution in [0.25, 0.3) is 0 Å². The Hall–Kier alpha value is -1.96. The highest BCUT2D eigenvalue weighted by Gasteiger charge is 2.13. The number of hydrogen-bond acceptors (Lipinski definition) is 6. The Morgan fingerprint density at radius 2 is 2.21 bits per heavy atom. The predicted octanol–water partition coefficient (Wildman–Crippen LogP) is 2.26. The molecule has 1 saturated heterocycles. The van der Waals surface area contributed by atoms with Crippen molar-refractivity contribution >= 4 is 28.1 Å². The Bertz CT molecular complexity index is 683. The number of benzene rings is 1. The molecule has 1 fully saturated rings. The molecule has 1 aliphatic rings. The number of rotatable bonds is 6. The standard InChI is InChI=1S/C17H22N4O2S/c1-13-3-2-4-14(11-13)19-17-20-15(12-24-17)16(22)18-5-6-21-7-9-23-10-8-21/h2-4,11-12H,5-10H2,1H3,(H,18,22)(H,19,20). The van der Waals surface area contributed by atoms with Gasteiger partial charge in [-0.3, -0.25) is 9.69 Å². The number of thiazole rings is 1. The minimum Gasteiger partial charge on any atom is -0.379 e. The van der Waals surface area contributed by atoms with E-state index in [0.717, 1.165) is 43.7 Å². The number of nitrogens with one attached hydrogen (secondary N) is 2. The number of ether oxygens (including phenoxy) is 1. The Morgan fingerprint density at radius 1 is 1.38 bits per heavy atom. The average Bonchev–Trinajstić information content (AvgIpc) is 3.04. The van der Waals surface area contributed by atoms with E-state index in [1.807, 2.05) is 31.2 Å². The number of aryl methyl sites for hydroxylation is 1. The summed E-state index contributed by atoms with van der Waals surface area (Å²) >= 11 is 1.43. The first-order chi connectivity index (χ1) is 11.7. The SMILES string of the molecule is Cc1cccc(Nc2nc(C(=O)NCCN3CCOCC3)cs2)c1. The summed E-state index contributed by atoms with van der Waals surface area (Å²) in [6.45, 7) is 6.90. The minimum absolute atomic E-state index is 0.128. The summed E-state index contributed by atoms with van der Waals surface area (Å²) in [6.07, 6.45) is 0. The van der Waals surface area contributed by atoms with E-state index in [2.05, 4.69) is 20.5 Å². The summed E-state index contributed by atoms with van der Waals surface area (Å²) < 4.78 is 5.31. The van der Waals surface area contributed by atoms with E-state index < -0.39 is 0 Å². The van der Waals surface area contributed by atoms with Gasteiger partial charge < -0.3 is 15.4 Å². The van der Waals surface area contributed by atoms with Crippen LogP contribution >= 0.6 is 11.3 Å². The Morgan fingerprint density at radius 3 is 3.00 bits per heavy atom. The molecule has 7 heteroatoms. The Kier molecular flexibility index (Phi) is 5.79. The minimum atomic E-state index is -0.128. The summed E-state index contributed by atoms with van der Waals surface area (Å²) in [4.78, 5) is 18.8. The number of nitrogens with zero attached hydrogens (tertiary/aromatic N) is 2. The van der Waals surface area contributed by atoms with E-state index in [0.29, 0.717) is 12.2 Å². The molecular formula is C17H22N4O2S.